The molecule has 0 atom stereocenters. The van der Waals surface area contributed by atoms with Gasteiger partial charge in [0.15, 0.2) is 17.3 Å². The second-order valence-electron chi connectivity index (χ2n) is 13.8. The molecule has 1 aliphatic carbocycles. The van der Waals surface area contributed by atoms with Crippen LogP contribution in [0.15, 0.2) is 34.7 Å². The SMILES string of the molecule is COc1cc2c(NC3CCN(C)CC3)cc(-c3ccc(C)o3)nc2cc1OC1CC2(CCN(C(=O)OC(C)(C)C)CC2)C1. The van der Waals surface area contributed by atoms with Crippen molar-refractivity contribution >= 4 is 22.7 Å². The number of ether oxygens (including phenoxy) is 3. The molecule has 2 aliphatic heterocycles. The number of benzene rings is 1. The first-order chi connectivity index (χ1) is 20.5. The maximum atomic E-state index is 12.5. The van der Waals surface area contributed by atoms with Crippen LogP contribution in [0.2, 0.25) is 0 Å². The molecule has 9 heteroatoms. The zero-order chi connectivity index (χ0) is 30.4. The third kappa shape index (κ3) is 6.56. The lowest BCUT2D eigenvalue weighted by molar-refractivity contribution is -0.0588. The van der Waals surface area contributed by atoms with E-state index in [0.717, 1.165) is 98.5 Å². The summed E-state index contributed by atoms with van der Waals surface area (Å²) in [4.78, 5) is 21.8. The number of fused-ring (bicyclic) bond motifs is 1. The topological polar surface area (TPSA) is 89.3 Å². The van der Waals surface area contributed by atoms with Gasteiger partial charge in [-0.05, 0) is 116 Å². The molecule has 43 heavy (non-hydrogen) atoms. The lowest BCUT2D eigenvalue weighted by Gasteiger charge is -2.51. The van der Waals surface area contributed by atoms with Gasteiger partial charge >= 0.3 is 6.09 Å². The fourth-order valence-corrected chi connectivity index (χ4v) is 6.74. The summed E-state index contributed by atoms with van der Waals surface area (Å²) in [6, 6.07) is 10.5. The Morgan fingerprint density at radius 1 is 1.05 bits per heavy atom. The highest BCUT2D eigenvalue weighted by molar-refractivity contribution is 5.95. The first kappa shape index (κ1) is 29.6. The zero-order valence-corrected chi connectivity index (χ0v) is 26.5. The highest BCUT2D eigenvalue weighted by Gasteiger charge is 2.48. The molecule has 3 aliphatic rings. The van der Waals surface area contributed by atoms with E-state index in [1.54, 1.807) is 7.11 Å². The Hall–Kier alpha value is -3.46. The number of furan rings is 1. The van der Waals surface area contributed by atoms with Crippen LogP contribution in [0.5, 0.6) is 11.5 Å². The fraction of sp³-hybridized carbons (Fsp3) is 0.588. The lowest BCUT2D eigenvalue weighted by atomic mass is 9.61. The Morgan fingerprint density at radius 3 is 2.40 bits per heavy atom. The minimum Gasteiger partial charge on any atom is -0.493 e. The highest BCUT2D eigenvalue weighted by atomic mass is 16.6. The van der Waals surface area contributed by atoms with Crippen molar-refractivity contribution in [3.63, 3.8) is 0 Å². The zero-order valence-electron chi connectivity index (χ0n) is 26.5. The maximum Gasteiger partial charge on any atom is 0.410 e. The number of rotatable bonds is 6. The number of carbonyl (C=O) groups excluding carboxylic acids is 1. The van der Waals surface area contributed by atoms with Gasteiger partial charge in [-0.2, -0.15) is 0 Å². The summed E-state index contributed by atoms with van der Waals surface area (Å²) in [7, 11) is 3.87. The number of anilines is 1. The number of amides is 1. The summed E-state index contributed by atoms with van der Waals surface area (Å²) < 4.78 is 24.0. The predicted molar refractivity (Wildman–Crippen MR) is 168 cm³/mol. The van der Waals surface area contributed by atoms with Crippen LogP contribution in [0.25, 0.3) is 22.4 Å². The van der Waals surface area contributed by atoms with Crippen molar-refractivity contribution in [1.82, 2.24) is 14.8 Å². The van der Waals surface area contributed by atoms with E-state index in [4.69, 9.17) is 23.6 Å². The molecule has 9 nitrogen and oxygen atoms in total. The molecule has 1 amide bonds. The van der Waals surface area contributed by atoms with E-state index < -0.39 is 5.60 Å². The maximum absolute atomic E-state index is 12.5. The normalized spacial score (nSPS) is 19.8. The molecule has 3 aromatic rings. The van der Waals surface area contributed by atoms with Crippen molar-refractivity contribution in [2.24, 2.45) is 5.41 Å². The van der Waals surface area contributed by atoms with Gasteiger partial charge in [0.2, 0.25) is 0 Å². The molecule has 0 unspecified atom stereocenters. The average molecular weight is 591 g/mol. The van der Waals surface area contributed by atoms with E-state index >= 15 is 0 Å². The van der Waals surface area contributed by atoms with Gasteiger partial charge in [0, 0.05) is 36.3 Å². The number of pyridine rings is 1. The van der Waals surface area contributed by atoms with E-state index in [2.05, 4.69) is 29.4 Å². The molecule has 1 aromatic carbocycles. The van der Waals surface area contributed by atoms with Crippen molar-refractivity contribution in [2.45, 2.75) is 84.0 Å². The largest absolute Gasteiger partial charge is 0.493 e. The van der Waals surface area contributed by atoms with Crippen LogP contribution in [0.1, 0.15) is 65.1 Å². The van der Waals surface area contributed by atoms with E-state index in [-0.39, 0.29) is 17.6 Å². The molecule has 0 bridgehead atoms. The summed E-state index contributed by atoms with van der Waals surface area (Å²) in [6.45, 7) is 11.3. The Morgan fingerprint density at radius 2 is 1.77 bits per heavy atom. The number of aryl methyl sites for hydroxylation is 1. The monoisotopic (exact) mass is 590 g/mol. The van der Waals surface area contributed by atoms with Crippen LogP contribution in [0, 0.1) is 12.3 Å². The van der Waals surface area contributed by atoms with E-state index in [9.17, 15) is 4.79 Å². The van der Waals surface area contributed by atoms with Gasteiger partial charge < -0.3 is 33.7 Å². The minimum absolute atomic E-state index is 0.104. The number of piperidine rings is 2. The third-order valence-electron chi connectivity index (χ3n) is 9.26. The van der Waals surface area contributed by atoms with Gasteiger partial charge in [-0.1, -0.05) is 0 Å². The molecule has 2 saturated heterocycles. The molecule has 3 fully saturated rings. The summed E-state index contributed by atoms with van der Waals surface area (Å²) in [5.41, 5.74) is 2.43. The second kappa shape index (κ2) is 11.6. The molecule has 1 spiro atoms. The van der Waals surface area contributed by atoms with Crippen LogP contribution in [0.4, 0.5) is 10.5 Å². The van der Waals surface area contributed by atoms with Gasteiger partial charge in [-0.25, -0.2) is 9.78 Å². The van der Waals surface area contributed by atoms with Crippen LogP contribution in [0.3, 0.4) is 0 Å². The highest BCUT2D eigenvalue weighted by Crippen LogP contribution is 2.51. The number of hydrogen-bond donors (Lipinski definition) is 1. The molecular weight excluding hydrogens is 544 g/mol. The first-order valence-corrected chi connectivity index (χ1v) is 15.7. The molecule has 0 radical (unpaired) electrons. The van der Waals surface area contributed by atoms with E-state index in [1.165, 1.54) is 0 Å². The molecule has 1 saturated carbocycles. The van der Waals surface area contributed by atoms with Gasteiger partial charge in [-0.15, -0.1) is 0 Å². The average Bonchev–Trinajstić information content (AvgIpc) is 3.38. The molecule has 6 rings (SSSR count). The van der Waals surface area contributed by atoms with Crippen LogP contribution in [-0.4, -0.2) is 79.0 Å². The molecule has 232 valence electrons. The number of carbonyl (C=O) groups is 1. The number of likely N-dealkylation sites (tertiary alicyclic amines) is 2. The van der Waals surface area contributed by atoms with Crippen molar-refractivity contribution in [2.75, 3.05) is 45.7 Å². The molecule has 2 aromatic heterocycles. The van der Waals surface area contributed by atoms with Gasteiger partial charge in [0.1, 0.15) is 17.1 Å². The summed E-state index contributed by atoms with van der Waals surface area (Å²) in [6.07, 6.45) is 5.96. The van der Waals surface area contributed by atoms with Crippen molar-refractivity contribution in [1.29, 1.82) is 0 Å². The minimum atomic E-state index is -0.475. The van der Waals surface area contributed by atoms with Crippen LogP contribution < -0.4 is 14.8 Å². The summed E-state index contributed by atoms with van der Waals surface area (Å²) in [5, 5.41) is 4.83. The number of nitrogens with one attached hydrogen (secondary N) is 1. The van der Waals surface area contributed by atoms with Gasteiger partial charge in [0.05, 0.1) is 18.7 Å². The van der Waals surface area contributed by atoms with Crippen molar-refractivity contribution in [3.8, 4) is 23.0 Å². The fourth-order valence-electron chi connectivity index (χ4n) is 6.74. The van der Waals surface area contributed by atoms with Gasteiger partial charge in [0.25, 0.3) is 0 Å². The Labute approximate surface area is 254 Å². The van der Waals surface area contributed by atoms with Crippen LogP contribution in [-0.2, 0) is 4.74 Å². The number of aromatic nitrogens is 1. The standard InChI is InChI=1S/C34H46N4O5/c1-22-7-8-29(41-22)28-18-26(35-23-9-13-37(5)14-10-23)25-17-30(40-6)31(19-27(25)36-28)42-24-20-34(21-24)11-15-38(16-12-34)32(39)43-33(2,3)4/h7-8,17-19,23-24H,9-16,20-21H2,1-6H3,(H,35,36). The number of methoxy groups -OCH3 is 1. The Bertz CT molecular complexity index is 1450. The molecular formula is C34H46N4O5. The lowest BCUT2D eigenvalue weighted by Crippen LogP contribution is -2.52. The Balaban J connectivity index is 1.19. The number of hydrogen-bond acceptors (Lipinski definition) is 8. The van der Waals surface area contributed by atoms with Crippen molar-refractivity contribution < 1.29 is 23.4 Å². The van der Waals surface area contributed by atoms with E-state index in [1.807, 2.05) is 50.8 Å². The second-order valence-corrected chi connectivity index (χ2v) is 13.8. The number of nitrogens with zero attached hydrogens (tertiary/aromatic N) is 3. The van der Waals surface area contributed by atoms with E-state index in [0.29, 0.717) is 17.5 Å². The predicted octanol–water partition coefficient (Wildman–Crippen LogP) is 6.88. The van der Waals surface area contributed by atoms with Crippen LogP contribution >= 0.6 is 0 Å². The summed E-state index contributed by atoms with van der Waals surface area (Å²) in [5.74, 6) is 3.04. The smallest absolute Gasteiger partial charge is 0.410 e. The Kier molecular flexibility index (Phi) is 7.96. The summed E-state index contributed by atoms with van der Waals surface area (Å²) >= 11 is 0. The molecule has 4 heterocycles. The molecule has 1 N–H and O–H groups in total. The first-order valence-electron chi connectivity index (χ1n) is 15.7. The van der Waals surface area contributed by atoms with Gasteiger partial charge in [-0.3, -0.25) is 0 Å². The van der Waals surface area contributed by atoms with Crippen molar-refractivity contribution in [3.05, 3.63) is 36.1 Å². The quantitative estimate of drug-likeness (QED) is 0.333. The third-order valence-corrected chi connectivity index (χ3v) is 9.26.